The first-order valence-corrected chi connectivity index (χ1v) is 10.5. The van der Waals surface area contributed by atoms with E-state index in [9.17, 15) is 4.39 Å². The fraction of sp³-hybridized carbons (Fsp3) is 0.391. The average molecular weight is 537 g/mol. The number of aromatic amines is 1. The number of guanidine groups is 1. The van der Waals surface area contributed by atoms with Crippen LogP contribution in [0.4, 0.5) is 4.39 Å². The Labute approximate surface area is 199 Å². The molecular formula is C23H29FIN5O. The van der Waals surface area contributed by atoms with Crippen molar-refractivity contribution in [3.05, 3.63) is 65.7 Å². The topological polar surface area (TPSA) is 65.5 Å². The standard InChI is InChI=1S/C23H28FN5O.HI/c1-3-25-23(26-13-12-22-27-19-6-4-5-7-20(19)28-22)29-14-16(2)30-21(15-29)17-8-10-18(24)11-9-17;/h4-11,16,21H,3,12-15H2,1-2H3,(H,25,26)(H,27,28);1H. The summed E-state index contributed by atoms with van der Waals surface area (Å²) in [6.07, 6.45) is 0.673. The van der Waals surface area contributed by atoms with Gasteiger partial charge in [0.1, 0.15) is 17.7 Å². The van der Waals surface area contributed by atoms with Gasteiger partial charge in [0.2, 0.25) is 0 Å². The van der Waals surface area contributed by atoms with Crippen molar-refractivity contribution >= 4 is 41.0 Å². The first-order valence-electron chi connectivity index (χ1n) is 10.5. The van der Waals surface area contributed by atoms with Gasteiger partial charge >= 0.3 is 0 Å². The van der Waals surface area contributed by atoms with Gasteiger partial charge in [-0.25, -0.2) is 9.37 Å². The molecule has 2 unspecified atom stereocenters. The molecule has 2 N–H and O–H groups in total. The van der Waals surface area contributed by atoms with Gasteiger partial charge in [0.25, 0.3) is 0 Å². The van der Waals surface area contributed by atoms with Crippen molar-refractivity contribution in [2.24, 2.45) is 4.99 Å². The third-order valence-corrected chi connectivity index (χ3v) is 5.19. The Hall–Kier alpha value is -2.20. The van der Waals surface area contributed by atoms with Crippen LogP contribution in [0.3, 0.4) is 0 Å². The molecule has 8 heteroatoms. The van der Waals surface area contributed by atoms with Gasteiger partial charge in [-0.3, -0.25) is 4.99 Å². The number of ether oxygens (including phenoxy) is 1. The molecule has 2 aromatic carbocycles. The van der Waals surface area contributed by atoms with Crippen LogP contribution >= 0.6 is 24.0 Å². The van der Waals surface area contributed by atoms with Gasteiger partial charge in [-0.15, -0.1) is 24.0 Å². The van der Waals surface area contributed by atoms with Gasteiger partial charge < -0.3 is 19.9 Å². The highest BCUT2D eigenvalue weighted by Crippen LogP contribution is 2.25. The van der Waals surface area contributed by atoms with Gasteiger partial charge in [0, 0.05) is 26.1 Å². The SMILES string of the molecule is CCNC(=NCCc1nc2ccccc2[nH]1)N1CC(C)OC(c2ccc(F)cc2)C1.I. The van der Waals surface area contributed by atoms with Crippen LogP contribution in [-0.2, 0) is 11.2 Å². The molecule has 0 bridgehead atoms. The maximum Gasteiger partial charge on any atom is 0.194 e. The second kappa shape index (κ2) is 10.9. The lowest BCUT2D eigenvalue weighted by Crippen LogP contribution is -2.50. The molecule has 0 saturated carbocycles. The monoisotopic (exact) mass is 537 g/mol. The first kappa shape index (κ1) is 23.5. The molecule has 2 heterocycles. The molecule has 1 saturated heterocycles. The zero-order valence-corrected chi connectivity index (χ0v) is 20.2. The minimum Gasteiger partial charge on any atom is -0.367 e. The van der Waals surface area contributed by atoms with Crippen molar-refractivity contribution in [2.75, 3.05) is 26.2 Å². The van der Waals surface area contributed by atoms with E-state index in [2.05, 4.69) is 34.0 Å². The minimum absolute atomic E-state index is 0. The third kappa shape index (κ3) is 5.94. The number of imidazole rings is 1. The Kier molecular flexibility index (Phi) is 8.25. The van der Waals surface area contributed by atoms with E-state index in [-0.39, 0.29) is 42.0 Å². The van der Waals surface area contributed by atoms with Crippen LogP contribution < -0.4 is 5.32 Å². The summed E-state index contributed by atoms with van der Waals surface area (Å²) in [6, 6.07) is 14.6. The summed E-state index contributed by atoms with van der Waals surface area (Å²) in [4.78, 5) is 15.0. The van der Waals surface area contributed by atoms with Crippen molar-refractivity contribution in [3.8, 4) is 0 Å². The number of hydrogen-bond acceptors (Lipinski definition) is 3. The van der Waals surface area contributed by atoms with Crippen LogP contribution in [0.2, 0.25) is 0 Å². The highest BCUT2D eigenvalue weighted by molar-refractivity contribution is 14.0. The van der Waals surface area contributed by atoms with E-state index in [1.54, 1.807) is 12.1 Å². The fourth-order valence-electron chi connectivity index (χ4n) is 3.80. The zero-order valence-electron chi connectivity index (χ0n) is 17.8. The summed E-state index contributed by atoms with van der Waals surface area (Å²) in [5, 5.41) is 3.40. The maximum atomic E-state index is 13.3. The Bertz CT molecular complexity index is 974. The molecule has 0 radical (unpaired) electrons. The molecule has 2 atom stereocenters. The third-order valence-electron chi connectivity index (χ3n) is 5.19. The normalized spacial score (nSPS) is 19.3. The van der Waals surface area contributed by atoms with Crippen LogP contribution in [0.5, 0.6) is 0 Å². The smallest absolute Gasteiger partial charge is 0.194 e. The summed E-state index contributed by atoms with van der Waals surface area (Å²) < 4.78 is 19.4. The second-order valence-corrected chi connectivity index (χ2v) is 7.58. The van der Waals surface area contributed by atoms with Crippen molar-refractivity contribution in [1.29, 1.82) is 0 Å². The van der Waals surface area contributed by atoms with Gasteiger partial charge in [-0.1, -0.05) is 24.3 Å². The number of nitrogens with zero attached hydrogens (tertiary/aromatic N) is 3. The van der Waals surface area contributed by atoms with Gasteiger partial charge in [-0.05, 0) is 43.7 Å². The number of aliphatic imine (C=N–C) groups is 1. The Morgan fingerprint density at radius 2 is 2.00 bits per heavy atom. The number of benzene rings is 2. The number of para-hydroxylation sites is 2. The Morgan fingerprint density at radius 1 is 1.23 bits per heavy atom. The van der Waals surface area contributed by atoms with E-state index < -0.39 is 0 Å². The van der Waals surface area contributed by atoms with E-state index in [1.165, 1.54) is 12.1 Å². The van der Waals surface area contributed by atoms with Crippen LogP contribution in [0.25, 0.3) is 11.0 Å². The molecule has 0 aliphatic carbocycles. The predicted octanol–water partition coefficient (Wildman–Crippen LogP) is 4.29. The Morgan fingerprint density at radius 3 is 2.74 bits per heavy atom. The molecule has 6 nitrogen and oxygen atoms in total. The Balaban J connectivity index is 0.00000272. The molecule has 1 aromatic heterocycles. The van der Waals surface area contributed by atoms with Gasteiger partial charge in [0.15, 0.2) is 5.96 Å². The van der Waals surface area contributed by atoms with Crippen LogP contribution in [-0.4, -0.2) is 53.1 Å². The molecule has 0 amide bonds. The lowest BCUT2D eigenvalue weighted by Gasteiger charge is -2.38. The van der Waals surface area contributed by atoms with Crippen LogP contribution in [0.1, 0.15) is 31.3 Å². The van der Waals surface area contributed by atoms with Crippen LogP contribution in [0.15, 0.2) is 53.5 Å². The van der Waals surface area contributed by atoms with Crippen molar-refractivity contribution in [3.63, 3.8) is 0 Å². The van der Waals surface area contributed by atoms with Gasteiger partial charge in [0.05, 0.1) is 23.7 Å². The number of nitrogens with one attached hydrogen (secondary N) is 2. The number of aromatic nitrogens is 2. The molecule has 1 fully saturated rings. The highest BCUT2D eigenvalue weighted by atomic mass is 127. The van der Waals surface area contributed by atoms with Crippen molar-refractivity contribution in [1.82, 2.24) is 20.2 Å². The van der Waals surface area contributed by atoms with E-state index >= 15 is 0 Å². The van der Waals surface area contributed by atoms with E-state index in [4.69, 9.17) is 9.73 Å². The summed E-state index contributed by atoms with van der Waals surface area (Å²) in [7, 11) is 0. The average Bonchev–Trinajstić information content (AvgIpc) is 3.16. The number of rotatable bonds is 5. The van der Waals surface area contributed by atoms with E-state index in [0.717, 1.165) is 47.9 Å². The molecule has 0 spiro atoms. The number of fused-ring (bicyclic) bond motifs is 1. The molecule has 3 aromatic rings. The number of hydrogen-bond donors (Lipinski definition) is 2. The second-order valence-electron chi connectivity index (χ2n) is 7.58. The quantitative estimate of drug-likeness (QED) is 0.290. The van der Waals surface area contributed by atoms with E-state index in [0.29, 0.717) is 13.1 Å². The lowest BCUT2D eigenvalue weighted by atomic mass is 10.1. The van der Waals surface area contributed by atoms with Gasteiger partial charge in [-0.2, -0.15) is 0 Å². The van der Waals surface area contributed by atoms with Crippen molar-refractivity contribution in [2.45, 2.75) is 32.5 Å². The van der Waals surface area contributed by atoms with E-state index in [1.807, 2.05) is 24.3 Å². The lowest BCUT2D eigenvalue weighted by molar-refractivity contribution is -0.0605. The number of morpholine rings is 1. The first-order chi connectivity index (χ1) is 14.6. The largest absolute Gasteiger partial charge is 0.367 e. The molecule has 1 aliphatic heterocycles. The highest BCUT2D eigenvalue weighted by Gasteiger charge is 2.28. The minimum atomic E-state index is -0.236. The number of halogens is 2. The molecule has 1 aliphatic rings. The summed E-state index contributed by atoms with van der Waals surface area (Å²) in [5.41, 5.74) is 3.01. The molecule has 4 rings (SSSR count). The molecule has 31 heavy (non-hydrogen) atoms. The zero-order chi connectivity index (χ0) is 20.9. The fourth-order valence-corrected chi connectivity index (χ4v) is 3.80. The molecule has 166 valence electrons. The maximum absolute atomic E-state index is 13.3. The summed E-state index contributed by atoms with van der Waals surface area (Å²) in [6.45, 7) is 6.98. The van der Waals surface area contributed by atoms with Crippen LogP contribution in [0, 0.1) is 5.82 Å². The van der Waals surface area contributed by atoms with Crippen molar-refractivity contribution < 1.29 is 9.13 Å². The summed E-state index contributed by atoms with van der Waals surface area (Å²) >= 11 is 0. The molecular weight excluding hydrogens is 508 g/mol. The summed E-state index contributed by atoms with van der Waals surface area (Å²) in [5.74, 6) is 1.58. The predicted molar refractivity (Wildman–Crippen MR) is 132 cm³/mol. The number of H-pyrrole nitrogens is 1.